The number of piperidine rings is 1. The van der Waals surface area contributed by atoms with Crippen LogP contribution in [0, 0.1) is 5.92 Å². The van der Waals surface area contributed by atoms with Gasteiger partial charge in [0.15, 0.2) is 0 Å². The molecule has 2 atom stereocenters. The second-order valence-electron chi connectivity index (χ2n) is 7.14. The molecule has 2 aromatic rings. The lowest BCUT2D eigenvalue weighted by Gasteiger charge is -2.41. The summed E-state index contributed by atoms with van der Waals surface area (Å²) in [6, 6.07) is 9.22. The number of fused-ring (bicyclic) bond motifs is 1. The van der Waals surface area contributed by atoms with Gasteiger partial charge in [-0.3, -0.25) is 4.90 Å². The van der Waals surface area contributed by atoms with Crippen molar-refractivity contribution in [3.8, 4) is 0 Å². The molecule has 0 bridgehead atoms. The van der Waals surface area contributed by atoms with Crippen LogP contribution in [0.4, 0.5) is 0 Å². The van der Waals surface area contributed by atoms with Crippen LogP contribution in [0.2, 0.25) is 5.15 Å². The zero-order valence-corrected chi connectivity index (χ0v) is 17.2. The van der Waals surface area contributed by atoms with E-state index in [0.29, 0.717) is 17.1 Å². The van der Waals surface area contributed by atoms with Crippen molar-refractivity contribution in [1.29, 1.82) is 0 Å². The number of halogens is 1. The summed E-state index contributed by atoms with van der Waals surface area (Å²) < 4.78 is 0. The predicted octanol–water partition coefficient (Wildman–Crippen LogP) is 4.77. The Balaban J connectivity index is 1.76. The summed E-state index contributed by atoms with van der Waals surface area (Å²) >= 11 is 8.24. The zero-order valence-electron chi connectivity index (χ0n) is 15.6. The van der Waals surface area contributed by atoms with Crippen LogP contribution in [-0.4, -0.2) is 53.8 Å². The average Bonchev–Trinajstić information content (AvgIpc) is 2.61. The smallest absolute Gasteiger partial charge is 0.134 e. The van der Waals surface area contributed by atoms with Crippen molar-refractivity contribution in [1.82, 2.24) is 14.8 Å². The molecule has 2 heterocycles. The summed E-state index contributed by atoms with van der Waals surface area (Å²) in [7, 11) is 2.22. The van der Waals surface area contributed by atoms with Gasteiger partial charge in [-0.15, -0.1) is 11.8 Å². The molecule has 5 heteroatoms. The van der Waals surface area contributed by atoms with E-state index < -0.39 is 0 Å². The van der Waals surface area contributed by atoms with Gasteiger partial charge in [0.05, 0.1) is 5.52 Å². The van der Waals surface area contributed by atoms with E-state index in [2.05, 4.69) is 66.2 Å². The zero-order chi connectivity index (χ0) is 18.0. The number of hydrogen-bond acceptors (Lipinski definition) is 4. The van der Waals surface area contributed by atoms with Crippen LogP contribution in [0.25, 0.3) is 10.9 Å². The van der Waals surface area contributed by atoms with Gasteiger partial charge >= 0.3 is 0 Å². The van der Waals surface area contributed by atoms with Crippen LogP contribution in [0.5, 0.6) is 0 Å². The first-order chi connectivity index (χ1) is 12.0. The van der Waals surface area contributed by atoms with Crippen LogP contribution in [0.1, 0.15) is 25.8 Å². The molecule has 0 N–H and O–H groups in total. The third kappa shape index (κ3) is 4.30. The number of likely N-dealkylation sites (tertiary alicyclic amines) is 1. The number of hydrogen-bond donors (Lipinski definition) is 0. The molecule has 1 aromatic carbocycles. The molecule has 1 aromatic heterocycles. The highest BCUT2D eigenvalue weighted by atomic mass is 35.5. The van der Waals surface area contributed by atoms with Gasteiger partial charge < -0.3 is 4.90 Å². The SMILES string of the molecule is CCN1CC[C@H](N(C)Cc2cc3ccc(SC)cc3nc2Cl)[C@H](C)C1. The van der Waals surface area contributed by atoms with E-state index in [-0.39, 0.29) is 0 Å². The average molecular weight is 378 g/mol. The molecule has 1 fully saturated rings. The van der Waals surface area contributed by atoms with E-state index in [1.807, 2.05) is 0 Å². The molecule has 0 spiro atoms. The molecule has 0 saturated carbocycles. The Labute approximate surface area is 160 Å². The molecule has 25 heavy (non-hydrogen) atoms. The lowest BCUT2D eigenvalue weighted by molar-refractivity contribution is 0.0787. The van der Waals surface area contributed by atoms with E-state index in [0.717, 1.165) is 24.2 Å². The molecule has 1 aliphatic heterocycles. The number of aromatic nitrogens is 1. The highest BCUT2D eigenvalue weighted by Gasteiger charge is 2.28. The maximum absolute atomic E-state index is 6.51. The number of benzene rings is 1. The normalized spacial score (nSPS) is 22.0. The van der Waals surface area contributed by atoms with E-state index in [1.54, 1.807) is 11.8 Å². The minimum Gasteiger partial charge on any atom is -0.303 e. The van der Waals surface area contributed by atoms with E-state index in [9.17, 15) is 0 Å². The fourth-order valence-electron chi connectivity index (χ4n) is 3.95. The molecule has 3 rings (SSSR count). The maximum Gasteiger partial charge on any atom is 0.134 e. The molecule has 136 valence electrons. The summed E-state index contributed by atoms with van der Waals surface area (Å²) in [6.45, 7) is 9.00. The number of nitrogens with zero attached hydrogens (tertiary/aromatic N) is 3. The molecule has 0 aliphatic carbocycles. The summed E-state index contributed by atoms with van der Waals surface area (Å²) in [5.74, 6) is 0.676. The Morgan fingerprint density at radius 2 is 2.16 bits per heavy atom. The number of rotatable bonds is 5. The van der Waals surface area contributed by atoms with E-state index >= 15 is 0 Å². The third-order valence-electron chi connectivity index (χ3n) is 5.43. The van der Waals surface area contributed by atoms with Crippen molar-refractivity contribution in [3.63, 3.8) is 0 Å². The Morgan fingerprint density at radius 1 is 1.36 bits per heavy atom. The summed E-state index contributed by atoms with van der Waals surface area (Å²) in [4.78, 5) is 10.9. The van der Waals surface area contributed by atoms with Crippen molar-refractivity contribution in [2.45, 2.75) is 37.8 Å². The Morgan fingerprint density at radius 3 is 2.84 bits per heavy atom. The quantitative estimate of drug-likeness (QED) is 0.551. The fraction of sp³-hybridized carbons (Fsp3) is 0.550. The van der Waals surface area contributed by atoms with Crippen LogP contribution in [0.3, 0.4) is 0 Å². The predicted molar refractivity (Wildman–Crippen MR) is 110 cm³/mol. The van der Waals surface area contributed by atoms with Gasteiger partial charge in [0.1, 0.15) is 5.15 Å². The van der Waals surface area contributed by atoms with Gasteiger partial charge in [-0.2, -0.15) is 0 Å². The third-order valence-corrected chi connectivity index (χ3v) is 6.48. The molecular weight excluding hydrogens is 350 g/mol. The van der Waals surface area contributed by atoms with Crippen molar-refractivity contribution in [2.75, 3.05) is 32.9 Å². The van der Waals surface area contributed by atoms with Crippen LogP contribution >= 0.6 is 23.4 Å². The number of pyridine rings is 1. The largest absolute Gasteiger partial charge is 0.303 e. The molecule has 0 radical (unpaired) electrons. The monoisotopic (exact) mass is 377 g/mol. The van der Waals surface area contributed by atoms with Crippen LogP contribution in [-0.2, 0) is 6.54 Å². The molecule has 3 nitrogen and oxygen atoms in total. The molecular formula is C20H28ClN3S. The second-order valence-corrected chi connectivity index (χ2v) is 8.38. The first-order valence-electron chi connectivity index (χ1n) is 9.07. The fourth-order valence-corrected chi connectivity index (χ4v) is 4.59. The number of thioether (sulfide) groups is 1. The summed E-state index contributed by atoms with van der Waals surface area (Å²) in [5.41, 5.74) is 2.10. The van der Waals surface area contributed by atoms with Crippen molar-refractivity contribution >= 4 is 34.3 Å². The minimum atomic E-state index is 0.605. The molecule has 0 amide bonds. The van der Waals surface area contributed by atoms with Gasteiger partial charge in [-0.25, -0.2) is 4.98 Å². The Bertz CT molecular complexity index is 736. The highest BCUT2D eigenvalue weighted by molar-refractivity contribution is 7.98. The lowest BCUT2D eigenvalue weighted by Crippen LogP contribution is -2.48. The van der Waals surface area contributed by atoms with Gasteiger partial charge in [0, 0.05) is 35.0 Å². The minimum absolute atomic E-state index is 0.605. The van der Waals surface area contributed by atoms with E-state index in [1.165, 1.54) is 29.8 Å². The standard InChI is InChI=1S/C20H28ClN3S/c1-5-24-9-8-19(14(2)12-24)23(3)13-16-10-15-6-7-17(25-4)11-18(15)22-20(16)21/h6-7,10-11,14,19H,5,8-9,12-13H2,1-4H3/t14-,19+/m1/s1. The molecule has 1 aliphatic rings. The highest BCUT2D eigenvalue weighted by Crippen LogP contribution is 2.27. The van der Waals surface area contributed by atoms with Gasteiger partial charge in [0.2, 0.25) is 0 Å². The molecule has 1 saturated heterocycles. The van der Waals surface area contributed by atoms with Gasteiger partial charge in [-0.1, -0.05) is 31.5 Å². The van der Waals surface area contributed by atoms with Crippen molar-refractivity contribution in [3.05, 3.63) is 35.0 Å². The Hall–Kier alpha value is -0.810. The summed E-state index contributed by atoms with van der Waals surface area (Å²) in [5, 5.41) is 1.80. The van der Waals surface area contributed by atoms with Gasteiger partial charge in [0.25, 0.3) is 0 Å². The van der Waals surface area contributed by atoms with Crippen molar-refractivity contribution < 1.29 is 0 Å². The first kappa shape index (κ1) is 19.0. The van der Waals surface area contributed by atoms with Crippen molar-refractivity contribution in [2.24, 2.45) is 5.92 Å². The van der Waals surface area contributed by atoms with Crippen LogP contribution in [0.15, 0.2) is 29.2 Å². The first-order valence-corrected chi connectivity index (χ1v) is 10.7. The molecule has 0 unspecified atom stereocenters. The van der Waals surface area contributed by atoms with Crippen LogP contribution < -0.4 is 0 Å². The second kappa shape index (κ2) is 8.26. The van der Waals surface area contributed by atoms with E-state index in [4.69, 9.17) is 11.6 Å². The topological polar surface area (TPSA) is 19.4 Å². The summed E-state index contributed by atoms with van der Waals surface area (Å²) in [6.07, 6.45) is 3.30. The Kier molecular flexibility index (Phi) is 6.26. The van der Waals surface area contributed by atoms with Gasteiger partial charge in [-0.05, 0) is 56.9 Å². The lowest BCUT2D eigenvalue weighted by atomic mass is 9.92. The maximum atomic E-state index is 6.51.